The van der Waals surface area contributed by atoms with E-state index in [4.69, 9.17) is 0 Å². The number of aliphatic hydroxyl groups excluding tert-OH is 1. The Morgan fingerprint density at radius 1 is 1.30 bits per heavy atom. The third-order valence-electron chi connectivity index (χ3n) is 4.04. The second-order valence-electron chi connectivity index (χ2n) is 6.17. The lowest BCUT2D eigenvalue weighted by atomic mass is 10.1. The van der Waals surface area contributed by atoms with Gasteiger partial charge in [-0.15, -0.1) is 0 Å². The van der Waals surface area contributed by atoms with Gasteiger partial charge in [-0.25, -0.2) is 4.79 Å². The third kappa shape index (κ3) is 4.69. The Morgan fingerprint density at radius 3 is 2.61 bits per heavy atom. The highest BCUT2D eigenvalue weighted by atomic mass is 16.3. The maximum Gasteiger partial charge on any atom is 0.317 e. The van der Waals surface area contributed by atoms with Crippen LogP contribution in [0, 0.1) is 5.92 Å². The van der Waals surface area contributed by atoms with Crippen molar-refractivity contribution in [3.63, 3.8) is 0 Å². The van der Waals surface area contributed by atoms with Crippen molar-refractivity contribution in [1.29, 1.82) is 0 Å². The highest BCUT2D eigenvalue weighted by molar-refractivity contribution is 5.92. The van der Waals surface area contributed by atoms with Crippen LogP contribution in [0.15, 0.2) is 24.3 Å². The lowest BCUT2D eigenvalue weighted by Crippen LogP contribution is -2.43. The smallest absolute Gasteiger partial charge is 0.317 e. The van der Waals surface area contributed by atoms with Gasteiger partial charge in [-0.2, -0.15) is 0 Å². The molecule has 0 aliphatic carbocycles. The number of hydrogen-bond donors (Lipinski definition) is 3. The van der Waals surface area contributed by atoms with Crippen molar-refractivity contribution >= 4 is 17.6 Å². The summed E-state index contributed by atoms with van der Waals surface area (Å²) in [6, 6.07) is 7.21. The Hall–Kier alpha value is -2.08. The average Bonchev–Trinajstić information content (AvgIpc) is 3.02. The maximum absolute atomic E-state index is 12.1. The molecular formula is C17H25N3O3. The highest BCUT2D eigenvalue weighted by Crippen LogP contribution is 2.17. The van der Waals surface area contributed by atoms with Crippen LogP contribution < -0.4 is 10.6 Å². The van der Waals surface area contributed by atoms with E-state index >= 15 is 0 Å². The van der Waals surface area contributed by atoms with E-state index in [-0.39, 0.29) is 30.5 Å². The van der Waals surface area contributed by atoms with Crippen molar-refractivity contribution in [3.8, 4) is 0 Å². The number of carbonyl (C=O) groups excluding carboxylic acids is 2. The molecule has 1 unspecified atom stereocenters. The lowest BCUT2D eigenvalue weighted by Gasteiger charge is -2.23. The van der Waals surface area contributed by atoms with Gasteiger partial charge in [-0.1, -0.05) is 26.0 Å². The van der Waals surface area contributed by atoms with Crippen molar-refractivity contribution in [1.82, 2.24) is 10.2 Å². The number of urea groups is 1. The topological polar surface area (TPSA) is 81.7 Å². The molecule has 1 aliphatic rings. The van der Waals surface area contributed by atoms with Gasteiger partial charge < -0.3 is 20.6 Å². The molecule has 1 aliphatic heterocycles. The normalized spacial score (nSPS) is 17.4. The van der Waals surface area contributed by atoms with Crippen LogP contribution in [0.1, 0.15) is 32.3 Å². The number of benzene rings is 1. The molecule has 126 valence electrons. The number of amides is 3. The van der Waals surface area contributed by atoms with Crippen molar-refractivity contribution in [2.24, 2.45) is 5.92 Å². The first-order chi connectivity index (χ1) is 11.0. The van der Waals surface area contributed by atoms with Crippen molar-refractivity contribution in [2.45, 2.75) is 39.3 Å². The molecule has 1 atom stereocenters. The third-order valence-corrected chi connectivity index (χ3v) is 4.04. The molecule has 1 aromatic rings. The molecule has 2 rings (SSSR count). The lowest BCUT2D eigenvalue weighted by molar-refractivity contribution is -0.118. The molecule has 23 heavy (non-hydrogen) atoms. The van der Waals surface area contributed by atoms with Gasteiger partial charge in [-0.3, -0.25) is 4.79 Å². The molecule has 1 heterocycles. The number of rotatable bonds is 5. The first kappa shape index (κ1) is 17.3. The summed E-state index contributed by atoms with van der Waals surface area (Å²) in [7, 11) is 0. The van der Waals surface area contributed by atoms with E-state index in [1.54, 1.807) is 4.90 Å². The molecule has 1 saturated heterocycles. The summed E-state index contributed by atoms with van der Waals surface area (Å²) in [6.07, 6.45) is 1.79. The van der Waals surface area contributed by atoms with E-state index in [1.165, 1.54) is 0 Å². The summed E-state index contributed by atoms with van der Waals surface area (Å²) in [5.41, 5.74) is 1.71. The van der Waals surface area contributed by atoms with Gasteiger partial charge in [0.15, 0.2) is 0 Å². The van der Waals surface area contributed by atoms with Gasteiger partial charge in [0.1, 0.15) is 0 Å². The fourth-order valence-corrected chi connectivity index (χ4v) is 2.56. The number of likely N-dealkylation sites (tertiary alicyclic amines) is 1. The summed E-state index contributed by atoms with van der Waals surface area (Å²) in [5, 5.41) is 15.0. The summed E-state index contributed by atoms with van der Waals surface area (Å²) in [6.45, 7) is 4.81. The zero-order valence-corrected chi connectivity index (χ0v) is 13.7. The number of nitrogens with zero attached hydrogens (tertiary/aromatic N) is 1. The fraction of sp³-hybridized carbons (Fsp3) is 0.529. The molecule has 1 fully saturated rings. The number of carbonyl (C=O) groups is 2. The number of aliphatic hydroxyl groups is 1. The van der Waals surface area contributed by atoms with Gasteiger partial charge in [-0.05, 0) is 30.5 Å². The molecule has 0 bridgehead atoms. The van der Waals surface area contributed by atoms with Crippen molar-refractivity contribution in [3.05, 3.63) is 29.8 Å². The first-order valence-corrected chi connectivity index (χ1v) is 8.06. The Kier molecular flexibility index (Phi) is 5.98. The van der Waals surface area contributed by atoms with Crippen LogP contribution in [0.2, 0.25) is 0 Å². The largest absolute Gasteiger partial charge is 0.394 e. The molecular weight excluding hydrogens is 294 g/mol. The Bertz CT molecular complexity index is 543. The highest BCUT2D eigenvalue weighted by Gasteiger charge is 2.27. The molecule has 3 amide bonds. The predicted octanol–water partition coefficient (Wildman–Crippen LogP) is 1.95. The average molecular weight is 319 g/mol. The van der Waals surface area contributed by atoms with Gasteiger partial charge in [0.05, 0.1) is 12.6 Å². The van der Waals surface area contributed by atoms with Crippen LogP contribution in [0.3, 0.4) is 0 Å². The van der Waals surface area contributed by atoms with Crippen LogP contribution in [0.25, 0.3) is 0 Å². The number of hydrogen-bond acceptors (Lipinski definition) is 3. The Morgan fingerprint density at radius 2 is 2.00 bits per heavy atom. The zero-order chi connectivity index (χ0) is 16.8. The van der Waals surface area contributed by atoms with Crippen LogP contribution in [0.4, 0.5) is 10.5 Å². The second kappa shape index (κ2) is 7.97. The van der Waals surface area contributed by atoms with Crippen LogP contribution in [0.5, 0.6) is 0 Å². The minimum atomic E-state index is -0.140. The van der Waals surface area contributed by atoms with Crippen LogP contribution in [-0.2, 0) is 11.3 Å². The SMILES string of the molecule is CC(C)C(=O)Nc1ccc(CNC(=O)N2CCCC2CO)cc1. The van der Waals surface area contributed by atoms with E-state index in [2.05, 4.69) is 10.6 Å². The van der Waals surface area contributed by atoms with Gasteiger partial charge in [0.25, 0.3) is 0 Å². The molecule has 3 N–H and O–H groups in total. The molecule has 1 aromatic carbocycles. The van der Waals surface area contributed by atoms with E-state index in [9.17, 15) is 14.7 Å². The molecule has 6 nitrogen and oxygen atoms in total. The zero-order valence-electron chi connectivity index (χ0n) is 13.7. The van der Waals surface area contributed by atoms with E-state index in [0.717, 1.165) is 24.1 Å². The summed E-state index contributed by atoms with van der Waals surface area (Å²) >= 11 is 0. The summed E-state index contributed by atoms with van der Waals surface area (Å²) in [4.78, 5) is 25.4. The van der Waals surface area contributed by atoms with Crippen LogP contribution >= 0.6 is 0 Å². The maximum atomic E-state index is 12.1. The molecule has 6 heteroatoms. The van der Waals surface area contributed by atoms with E-state index in [0.29, 0.717) is 13.1 Å². The van der Waals surface area contributed by atoms with Gasteiger partial charge in [0.2, 0.25) is 5.91 Å². The molecule has 0 radical (unpaired) electrons. The Balaban J connectivity index is 1.84. The first-order valence-electron chi connectivity index (χ1n) is 8.06. The molecule has 0 aromatic heterocycles. The Labute approximate surface area is 136 Å². The van der Waals surface area contributed by atoms with Crippen molar-refractivity contribution < 1.29 is 14.7 Å². The quantitative estimate of drug-likeness (QED) is 0.776. The summed E-state index contributed by atoms with van der Waals surface area (Å²) < 4.78 is 0. The number of anilines is 1. The van der Waals surface area contributed by atoms with Crippen molar-refractivity contribution in [2.75, 3.05) is 18.5 Å². The minimum Gasteiger partial charge on any atom is -0.394 e. The second-order valence-corrected chi connectivity index (χ2v) is 6.17. The summed E-state index contributed by atoms with van der Waals surface area (Å²) in [5.74, 6) is -0.0796. The van der Waals surface area contributed by atoms with Crippen LogP contribution in [-0.4, -0.2) is 41.1 Å². The fourth-order valence-electron chi connectivity index (χ4n) is 2.56. The van der Waals surface area contributed by atoms with E-state index < -0.39 is 0 Å². The molecule has 0 spiro atoms. The monoisotopic (exact) mass is 319 g/mol. The standard InChI is InChI=1S/C17H25N3O3/c1-12(2)16(22)19-14-7-5-13(6-8-14)10-18-17(23)20-9-3-4-15(20)11-21/h5-8,12,15,21H,3-4,9-11H2,1-2H3,(H,18,23)(H,19,22). The minimum absolute atomic E-state index is 0.0116. The van der Waals surface area contributed by atoms with Gasteiger partial charge in [0, 0.05) is 24.7 Å². The number of nitrogens with one attached hydrogen (secondary N) is 2. The predicted molar refractivity (Wildman–Crippen MR) is 89.0 cm³/mol. The van der Waals surface area contributed by atoms with E-state index in [1.807, 2.05) is 38.1 Å². The molecule has 0 saturated carbocycles. The van der Waals surface area contributed by atoms with Gasteiger partial charge >= 0.3 is 6.03 Å².